The van der Waals surface area contributed by atoms with E-state index in [4.69, 9.17) is 10.6 Å². The molecule has 0 fully saturated rings. The first kappa shape index (κ1) is 10.5. The molecular weight excluding hydrogens is 200 g/mol. The fourth-order valence-electron chi connectivity index (χ4n) is 1.65. The van der Waals surface area contributed by atoms with Crippen molar-refractivity contribution in [1.29, 1.82) is 0 Å². The van der Waals surface area contributed by atoms with Crippen molar-refractivity contribution in [2.24, 2.45) is 10.9 Å². The van der Waals surface area contributed by atoms with Gasteiger partial charge < -0.3 is 10.6 Å². The van der Waals surface area contributed by atoms with Gasteiger partial charge in [0.15, 0.2) is 0 Å². The van der Waals surface area contributed by atoms with E-state index in [2.05, 4.69) is 11.2 Å². The predicted molar refractivity (Wildman–Crippen MR) is 66.9 cm³/mol. The highest BCUT2D eigenvalue weighted by Gasteiger charge is 2.00. The lowest BCUT2D eigenvalue weighted by molar-refractivity contribution is 0.415. The molecule has 0 aliphatic heterocycles. The molecule has 2 rings (SSSR count). The lowest BCUT2D eigenvalue weighted by atomic mass is 10.0. The van der Waals surface area contributed by atoms with Crippen molar-refractivity contribution in [3.63, 3.8) is 0 Å². The van der Waals surface area contributed by atoms with Crippen molar-refractivity contribution in [3.8, 4) is 5.75 Å². The van der Waals surface area contributed by atoms with Gasteiger partial charge in [-0.3, -0.25) is 0 Å². The minimum atomic E-state index is 0.831. The van der Waals surface area contributed by atoms with Crippen LogP contribution in [-0.2, 0) is 0 Å². The lowest BCUT2D eigenvalue weighted by Gasteiger charge is -2.04. The van der Waals surface area contributed by atoms with Crippen LogP contribution in [0.5, 0.6) is 5.75 Å². The minimum Gasteiger partial charge on any atom is -0.497 e. The van der Waals surface area contributed by atoms with E-state index in [1.165, 1.54) is 0 Å². The second kappa shape index (κ2) is 4.23. The average Bonchev–Trinajstić information content (AvgIpc) is 2.36. The van der Waals surface area contributed by atoms with Crippen LogP contribution in [0.15, 0.2) is 41.5 Å². The summed E-state index contributed by atoms with van der Waals surface area (Å²) in [6.07, 6.45) is 0. The summed E-state index contributed by atoms with van der Waals surface area (Å²) < 4.78 is 5.18. The molecule has 3 nitrogen and oxygen atoms in total. The lowest BCUT2D eigenvalue weighted by Crippen LogP contribution is -1.98. The van der Waals surface area contributed by atoms with Gasteiger partial charge in [0.1, 0.15) is 5.75 Å². The predicted octanol–water partition coefficient (Wildman–Crippen LogP) is 2.53. The van der Waals surface area contributed by atoms with Gasteiger partial charge >= 0.3 is 0 Å². The first-order chi connectivity index (χ1) is 7.74. The number of hydrogen-bond acceptors (Lipinski definition) is 3. The molecular formula is C13H14N2O. The van der Waals surface area contributed by atoms with Gasteiger partial charge in [-0.15, -0.1) is 0 Å². The van der Waals surface area contributed by atoms with Gasteiger partial charge in [0, 0.05) is 0 Å². The molecule has 0 aliphatic rings. The highest BCUT2D eigenvalue weighted by atomic mass is 16.5. The molecule has 0 aliphatic carbocycles. The third-order valence-corrected chi connectivity index (χ3v) is 2.66. The second-order valence-electron chi connectivity index (χ2n) is 3.64. The van der Waals surface area contributed by atoms with Crippen molar-refractivity contribution in [2.45, 2.75) is 6.92 Å². The third kappa shape index (κ3) is 1.84. The van der Waals surface area contributed by atoms with Crippen LogP contribution in [0.3, 0.4) is 0 Å². The van der Waals surface area contributed by atoms with Crippen LogP contribution >= 0.6 is 0 Å². The molecule has 0 atom stereocenters. The van der Waals surface area contributed by atoms with E-state index < -0.39 is 0 Å². The van der Waals surface area contributed by atoms with Gasteiger partial charge in [-0.2, -0.15) is 5.10 Å². The highest BCUT2D eigenvalue weighted by Crippen LogP contribution is 2.21. The maximum Gasteiger partial charge on any atom is 0.119 e. The van der Waals surface area contributed by atoms with Crippen molar-refractivity contribution < 1.29 is 4.74 Å². The highest BCUT2D eigenvalue weighted by molar-refractivity contribution is 6.01. The molecule has 2 aromatic rings. The molecule has 82 valence electrons. The van der Waals surface area contributed by atoms with Crippen molar-refractivity contribution in [1.82, 2.24) is 0 Å². The van der Waals surface area contributed by atoms with Gasteiger partial charge in [-0.05, 0) is 41.5 Å². The Hall–Kier alpha value is -2.03. The molecule has 0 heterocycles. The van der Waals surface area contributed by atoms with Gasteiger partial charge in [-0.1, -0.05) is 18.2 Å². The largest absolute Gasteiger partial charge is 0.497 e. The van der Waals surface area contributed by atoms with Gasteiger partial charge in [0.2, 0.25) is 0 Å². The van der Waals surface area contributed by atoms with Gasteiger partial charge in [0.25, 0.3) is 0 Å². The summed E-state index contributed by atoms with van der Waals surface area (Å²) in [6, 6.07) is 12.1. The summed E-state index contributed by atoms with van der Waals surface area (Å²) in [5.41, 5.74) is 1.87. The Bertz CT molecular complexity index is 547. The molecule has 0 bridgehead atoms. The molecule has 0 radical (unpaired) electrons. The molecule has 0 saturated heterocycles. The molecule has 16 heavy (non-hydrogen) atoms. The Balaban J connectivity index is 2.56. The van der Waals surface area contributed by atoms with Crippen LogP contribution < -0.4 is 10.6 Å². The second-order valence-corrected chi connectivity index (χ2v) is 3.64. The van der Waals surface area contributed by atoms with Crippen LogP contribution in [0.2, 0.25) is 0 Å². The molecule has 0 spiro atoms. The number of fused-ring (bicyclic) bond motifs is 1. The Labute approximate surface area is 94.5 Å². The smallest absolute Gasteiger partial charge is 0.119 e. The first-order valence-electron chi connectivity index (χ1n) is 5.07. The van der Waals surface area contributed by atoms with Crippen LogP contribution in [0.1, 0.15) is 12.5 Å². The maximum atomic E-state index is 5.26. The summed E-state index contributed by atoms with van der Waals surface area (Å²) in [4.78, 5) is 0. The van der Waals surface area contributed by atoms with Crippen molar-refractivity contribution >= 4 is 16.5 Å². The monoisotopic (exact) mass is 214 g/mol. The SMILES string of the molecule is COc1ccc2cc(/C(C)=N\N)ccc2c1. The number of benzene rings is 2. The molecule has 0 saturated carbocycles. The van der Waals surface area contributed by atoms with E-state index >= 15 is 0 Å². The maximum absolute atomic E-state index is 5.26. The number of hydrogen-bond donors (Lipinski definition) is 1. The van der Waals surface area contributed by atoms with Crippen LogP contribution in [0.25, 0.3) is 10.8 Å². The fourth-order valence-corrected chi connectivity index (χ4v) is 1.65. The van der Waals surface area contributed by atoms with Crippen LogP contribution in [0.4, 0.5) is 0 Å². The first-order valence-corrected chi connectivity index (χ1v) is 5.07. The number of nitrogens with two attached hydrogens (primary N) is 1. The summed E-state index contributed by atoms with van der Waals surface area (Å²) in [5, 5.41) is 5.99. The van der Waals surface area contributed by atoms with Crippen molar-refractivity contribution in [3.05, 3.63) is 42.0 Å². The summed E-state index contributed by atoms with van der Waals surface area (Å²) in [5.74, 6) is 6.13. The van der Waals surface area contributed by atoms with Crippen molar-refractivity contribution in [2.75, 3.05) is 7.11 Å². The normalized spacial score (nSPS) is 11.8. The Kier molecular flexibility index (Phi) is 2.77. The quantitative estimate of drug-likeness (QED) is 0.474. The summed E-state index contributed by atoms with van der Waals surface area (Å²) in [7, 11) is 1.67. The van der Waals surface area contributed by atoms with Gasteiger partial charge in [-0.25, -0.2) is 0 Å². The van der Waals surface area contributed by atoms with Crippen LogP contribution in [0, 0.1) is 0 Å². The zero-order valence-corrected chi connectivity index (χ0v) is 9.40. The number of nitrogens with zero attached hydrogens (tertiary/aromatic N) is 1. The summed E-state index contributed by atoms with van der Waals surface area (Å²) >= 11 is 0. The number of hydrazone groups is 1. The number of ether oxygens (including phenoxy) is 1. The number of rotatable bonds is 2. The van der Waals surface area contributed by atoms with Crippen LogP contribution in [-0.4, -0.2) is 12.8 Å². The fraction of sp³-hybridized carbons (Fsp3) is 0.154. The third-order valence-electron chi connectivity index (χ3n) is 2.66. The van der Waals surface area contributed by atoms with E-state index in [1.54, 1.807) is 7.11 Å². The zero-order valence-electron chi connectivity index (χ0n) is 9.40. The minimum absolute atomic E-state index is 0.831. The molecule has 2 N–H and O–H groups in total. The Morgan fingerprint density at radius 1 is 1.12 bits per heavy atom. The Morgan fingerprint density at radius 3 is 2.50 bits per heavy atom. The van der Waals surface area contributed by atoms with E-state index in [0.717, 1.165) is 27.8 Å². The number of methoxy groups -OCH3 is 1. The molecule has 2 aromatic carbocycles. The zero-order chi connectivity index (χ0) is 11.5. The topological polar surface area (TPSA) is 47.6 Å². The molecule has 0 aromatic heterocycles. The van der Waals surface area contributed by atoms with E-state index in [9.17, 15) is 0 Å². The molecule has 0 amide bonds. The molecule has 3 heteroatoms. The van der Waals surface area contributed by atoms with Gasteiger partial charge in [0.05, 0.1) is 12.8 Å². The van der Waals surface area contributed by atoms with E-state index in [1.807, 2.05) is 37.3 Å². The van der Waals surface area contributed by atoms with E-state index in [-0.39, 0.29) is 0 Å². The Morgan fingerprint density at radius 2 is 1.81 bits per heavy atom. The van der Waals surface area contributed by atoms with E-state index in [0.29, 0.717) is 0 Å². The molecule has 0 unspecified atom stereocenters. The average molecular weight is 214 g/mol. The summed E-state index contributed by atoms with van der Waals surface area (Å²) in [6.45, 7) is 1.89. The standard InChI is InChI=1S/C13H14N2O/c1-9(15-14)10-3-4-12-8-13(16-2)6-5-11(12)7-10/h3-8H,14H2,1-2H3/b15-9-.